The zero-order valence-corrected chi connectivity index (χ0v) is 13.2. The number of carbonyl (C=O) groups excluding carboxylic acids is 2. The molecular formula is C15H11BrClNO2. The quantitative estimate of drug-likeness (QED) is 0.714. The first-order chi connectivity index (χ1) is 9.40. The normalized spacial score (nSPS) is 17.5. The Balaban J connectivity index is 2.40. The largest absolute Gasteiger partial charge is 0.289 e. The number of rotatable bonds is 1. The molecule has 0 heterocycles. The van der Waals surface area contributed by atoms with Crippen LogP contribution in [0, 0.1) is 0 Å². The minimum absolute atomic E-state index is 0.113. The Morgan fingerprint density at radius 3 is 2.40 bits per heavy atom. The van der Waals surface area contributed by atoms with Gasteiger partial charge < -0.3 is 0 Å². The van der Waals surface area contributed by atoms with E-state index in [1.165, 1.54) is 6.08 Å². The van der Waals surface area contributed by atoms with Crippen molar-refractivity contribution in [2.45, 2.75) is 13.8 Å². The number of benzene rings is 1. The predicted molar refractivity (Wildman–Crippen MR) is 83.6 cm³/mol. The second kappa shape index (κ2) is 5.85. The van der Waals surface area contributed by atoms with E-state index in [2.05, 4.69) is 20.9 Å². The van der Waals surface area contributed by atoms with Gasteiger partial charge in [0.2, 0.25) is 0 Å². The lowest BCUT2D eigenvalue weighted by atomic mass is 9.97. The molecular weight excluding hydrogens is 342 g/mol. The first-order valence-electron chi connectivity index (χ1n) is 5.88. The van der Waals surface area contributed by atoms with E-state index in [0.29, 0.717) is 31.9 Å². The van der Waals surface area contributed by atoms with Gasteiger partial charge in [0.25, 0.3) is 5.91 Å². The van der Waals surface area contributed by atoms with Crippen LogP contribution in [0.5, 0.6) is 0 Å². The van der Waals surface area contributed by atoms with E-state index in [9.17, 15) is 9.59 Å². The van der Waals surface area contributed by atoms with Crippen LogP contribution >= 0.6 is 27.5 Å². The highest BCUT2D eigenvalue weighted by molar-refractivity contribution is 9.12. The number of carbonyl (C=O) groups is 2. The highest BCUT2D eigenvalue weighted by Gasteiger charge is 2.21. The smallest absolute Gasteiger partial charge is 0.277 e. The SMILES string of the molecule is CC1=CC(=O)C(Br)=C(C)C1=NC(=O)c1ccc(Cl)cc1. The Kier molecular flexibility index (Phi) is 4.35. The second-order valence-corrected chi connectivity index (χ2v) is 5.63. The van der Waals surface area contributed by atoms with Gasteiger partial charge in [0.1, 0.15) is 0 Å². The number of hydrogen-bond acceptors (Lipinski definition) is 2. The standard InChI is InChI=1S/C15H11BrClNO2/c1-8-7-12(19)13(16)9(2)14(8)18-15(20)10-3-5-11(17)6-4-10/h3-7H,1-2H3. The van der Waals surface area contributed by atoms with Crippen LogP contribution in [0.2, 0.25) is 5.02 Å². The molecule has 0 aliphatic heterocycles. The van der Waals surface area contributed by atoms with Crippen molar-refractivity contribution in [2.24, 2.45) is 4.99 Å². The maximum atomic E-state index is 12.1. The van der Waals surface area contributed by atoms with E-state index in [-0.39, 0.29) is 11.7 Å². The van der Waals surface area contributed by atoms with Crippen molar-refractivity contribution in [2.75, 3.05) is 0 Å². The summed E-state index contributed by atoms with van der Waals surface area (Å²) in [5.41, 5.74) is 2.32. The van der Waals surface area contributed by atoms with E-state index < -0.39 is 0 Å². The lowest BCUT2D eigenvalue weighted by Gasteiger charge is -2.14. The summed E-state index contributed by atoms with van der Waals surface area (Å²) >= 11 is 9.00. The van der Waals surface area contributed by atoms with Crippen molar-refractivity contribution >= 4 is 44.9 Å². The Morgan fingerprint density at radius 2 is 1.80 bits per heavy atom. The van der Waals surface area contributed by atoms with E-state index in [1.54, 1.807) is 38.1 Å². The van der Waals surface area contributed by atoms with Gasteiger partial charge in [-0.1, -0.05) is 11.6 Å². The summed E-state index contributed by atoms with van der Waals surface area (Å²) < 4.78 is 0.436. The number of nitrogens with zero attached hydrogens (tertiary/aromatic N) is 1. The first kappa shape index (κ1) is 14.9. The van der Waals surface area contributed by atoms with Crippen LogP contribution in [0.15, 0.2) is 51.0 Å². The van der Waals surface area contributed by atoms with Crippen LogP contribution in [0.25, 0.3) is 0 Å². The molecule has 0 N–H and O–H groups in total. The Morgan fingerprint density at radius 1 is 1.20 bits per heavy atom. The molecule has 0 spiro atoms. The van der Waals surface area contributed by atoms with Crippen molar-refractivity contribution in [1.29, 1.82) is 0 Å². The number of ketones is 1. The van der Waals surface area contributed by atoms with Crippen LogP contribution in [-0.4, -0.2) is 17.4 Å². The fourth-order valence-electron chi connectivity index (χ4n) is 1.84. The first-order valence-corrected chi connectivity index (χ1v) is 7.05. The van der Waals surface area contributed by atoms with Gasteiger partial charge in [0, 0.05) is 10.6 Å². The van der Waals surface area contributed by atoms with Crippen LogP contribution in [0.4, 0.5) is 0 Å². The van der Waals surface area contributed by atoms with Crippen LogP contribution in [0.1, 0.15) is 24.2 Å². The van der Waals surface area contributed by atoms with Crippen molar-refractivity contribution < 1.29 is 9.59 Å². The predicted octanol–water partition coefficient (Wildman–Crippen LogP) is 4.12. The van der Waals surface area contributed by atoms with Gasteiger partial charge in [-0.3, -0.25) is 9.59 Å². The molecule has 1 aliphatic carbocycles. The number of amides is 1. The third-order valence-corrected chi connectivity index (χ3v) is 4.16. The number of aliphatic imine (C=N–C) groups is 1. The second-order valence-electron chi connectivity index (χ2n) is 4.40. The van der Waals surface area contributed by atoms with Gasteiger partial charge in [-0.2, -0.15) is 0 Å². The van der Waals surface area contributed by atoms with Crippen molar-refractivity contribution in [3.05, 3.63) is 56.6 Å². The van der Waals surface area contributed by atoms with E-state index in [0.717, 1.165) is 0 Å². The van der Waals surface area contributed by atoms with E-state index in [1.807, 2.05) is 0 Å². The zero-order valence-electron chi connectivity index (χ0n) is 10.9. The average Bonchev–Trinajstić information content (AvgIpc) is 2.42. The molecule has 0 fully saturated rings. The fraction of sp³-hybridized carbons (Fsp3) is 0.133. The van der Waals surface area contributed by atoms with Gasteiger partial charge >= 0.3 is 0 Å². The fourth-order valence-corrected chi connectivity index (χ4v) is 2.27. The minimum Gasteiger partial charge on any atom is -0.289 e. The summed E-state index contributed by atoms with van der Waals surface area (Å²) in [6.07, 6.45) is 1.46. The van der Waals surface area contributed by atoms with Crippen molar-refractivity contribution in [1.82, 2.24) is 0 Å². The molecule has 1 aromatic rings. The highest BCUT2D eigenvalue weighted by atomic mass is 79.9. The molecule has 5 heteroatoms. The molecule has 3 nitrogen and oxygen atoms in total. The summed E-state index contributed by atoms with van der Waals surface area (Å²) in [5.74, 6) is -0.476. The van der Waals surface area contributed by atoms with Gasteiger partial charge in [-0.05, 0) is 71.3 Å². The molecule has 0 saturated heterocycles. The molecule has 1 aromatic carbocycles. The number of allylic oxidation sites excluding steroid dienone is 4. The van der Waals surface area contributed by atoms with Crippen molar-refractivity contribution in [3.63, 3.8) is 0 Å². The highest BCUT2D eigenvalue weighted by Crippen LogP contribution is 2.24. The molecule has 2 rings (SSSR count). The Bertz CT molecular complexity index is 684. The molecule has 0 atom stereocenters. The third-order valence-electron chi connectivity index (χ3n) is 2.93. The number of hydrogen-bond donors (Lipinski definition) is 0. The van der Waals surface area contributed by atoms with Crippen LogP contribution in [0.3, 0.4) is 0 Å². The van der Waals surface area contributed by atoms with E-state index in [4.69, 9.17) is 11.6 Å². The van der Waals surface area contributed by atoms with Crippen LogP contribution < -0.4 is 0 Å². The molecule has 0 saturated carbocycles. The van der Waals surface area contributed by atoms with Crippen LogP contribution in [-0.2, 0) is 4.79 Å². The summed E-state index contributed by atoms with van der Waals surface area (Å²) in [6, 6.07) is 6.52. The topological polar surface area (TPSA) is 46.5 Å². The van der Waals surface area contributed by atoms with Gasteiger partial charge in [-0.25, -0.2) is 4.99 Å². The molecule has 1 amide bonds. The molecule has 0 aromatic heterocycles. The Hall–Kier alpha value is -1.52. The van der Waals surface area contributed by atoms with Gasteiger partial charge in [0.05, 0.1) is 10.2 Å². The molecule has 20 heavy (non-hydrogen) atoms. The maximum Gasteiger partial charge on any atom is 0.277 e. The lowest BCUT2D eigenvalue weighted by molar-refractivity contribution is -0.110. The third kappa shape index (κ3) is 2.97. The summed E-state index contributed by atoms with van der Waals surface area (Å²) in [7, 11) is 0. The number of halogens is 2. The monoisotopic (exact) mass is 351 g/mol. The van der Waals surface area contributed by atoms with E-state index >= 15 is 0 Å². The molecule has 0 unspecified atom stereocenters. The average molecular weight is 353 g/mol. The molecule has 0 radical (unpaired) electrons. The van der Waals surface area contributed by atoms with Gasteiger partial charge in [-0.15, -0.1) is 0 Å². The van der Waals surface area contributed by atoms with Gasteiger partial charge in [0.15, 0.2) is 5.78 Å². The zero-order chi connectivity index (χ0) is 14.9. The minimum atomic E-state index is -0.363. The van der Waals surface area contributed by atoms with Crippen molar-refractivity contribution in [3.8, 4) is 0 Å². The summed E-state index contributed by atoms with van der Waals surface area (Å²) in [4.78, 5) is 27.8. The maximum absolute atomic E-state index is 12.1. The Labute approximate surface area is 130 Å². The summed E-state index contributed by atoms with van der Waals surface area (Å²) in [6.45, 7) is 3.52. The lowest BCUT2D eigenvalue weighted by Crippen LogP contribution is -2.15. The molecule has 102 valence electrons. The molecule has 0 bridgehead atoms. The summed E-state index contributed by atoms with van der Waals surface area (Å²) in [5, 5.41) is 0.562. The molecule has 1 aliphatic rings.